The molecule has 1 aromatic rings. The number of hydrogen-bond donors (Lipinski definition) is 0. The van der Waals surface area contributed by atoms with E-state index in [9.17, 15) is 0 Å². The van der Waals surface area contributed by atoms with Crippen LogP contribution in [0.3, 0.4) is 0 Å². The Labute approximate surface area is 131 Å². The number of rotatable bonds is 3. The van der Waals surface area contributed by atoms with Crippen molar-refractivity contribution in [1.82, 2.24) is 4.90 Å². The predicted octanol–water partition coefficient (Wildman–Crippen LogP) is 4.21. The maximum Gasteiger partial charge on any atom is 0.0595 e. The molecule has 110 valence electrons. The Hall–Kier alpha value is -0.280. The molecule has 4 atom stereocenters. The summed E-state index contributed by atoms with van der Waals surface area (Å²) >= 11 is 12.2. The van der Waals surface area contributed by atoms with Crippen molar-refractivity contribution in [3.05, 3.63) is 33.8 Å². The van der Waals surface area contributed by atoms with E-state index in [0.29, 0.717) is 34.0 Å². The Morgan fingerprint density at radius 2 is 2.05 bits per heavy atom. The summed E-state index contributed by atoms with van der Waals surface area (Å²) in [6.45, 7) is 0.812. The maximum atomic E-state index is 6.20. The minimum absolute atomic E-state index is 0.526. The van der Waals surface area contributed by atoms with Gasteiger partial charge in [0.1, 0.15) is 0 Å². The first-order valence-corrected chi connectivity index (χ1v) is 8.03. The van der Waals surface area contributed by atoms with Crippen molar-refractivity contribution in [2.24, 2.45) is 5.92 Å². The third kappa shape index (κ3) is 2.48. The van der Waals surface area contributed by atoms with Crippen molar-refractivity contribution < 1.29 is 4.74 Å². The molecule has 1 aromatic carbocycles. The standard InChI is InChI=1S/C16H21Cl2NO/c1-19-11-4-6-16(19)13(9-20-2)12(8-11)10-3-5-14(17)15(18)7-10/h3,5,7,11-13,16H,4,6,8-9H2,1-2H3/t11-,12+,13-,16+/m0/s1. The Morgan fingerprint density at radius 3 is 2.75 bits per heavy atom. The van der Waals surface area contributed by atoms with Crippen LogP contribution in [-0.2, 0) is 4.74 Å². The maximum absolute atomic E-state index is 6.20. The lowest BCUT2D eigenvalue weighted by Crippen LogP contribution is -2.47. The van der Waals surface area contributed by atoms with Gasteiger partial charge in [0.15, 0.2) is 0 Å². The van der Waals surface area contributed by atoms with Crippen LogP contribution in [0.1, 0.15) is 30.7 Å². The van der Waals surface area contributed by atoms with Gasteiger partial charge in [-0.25, -0.2) is 0 Å². The van der Waals surface area contributed by atoms with Crippen LogP contribution in [0.2, 0.25) is 10.0 Å². The molecule has 0 aromatic heterocycles. The second kappa shape index (κ2) is 5.84. The number of benzene rings is 1. The minimum Gasteiger partial charge on any atom is -0.384 e. The first kappa shape index (κ1) is 14.6. The van der Waals surface area contributed by atoms with Gasteiger partial charge in [-0.1, -0.05) is 29.3 Å². The van der Waals surface area contributed by atoms with E-state index in [2.05, 4.69) is 18.0 Å². The van der Waals surface area contributed by atoms with Crippen LogP contribution in [0, 0.1) is 5.92 Å². The SMILES string of the molecule is COC[C@H]1[C@@H](c2ccc(Cl)c(Cl)c2)C[C@@H]2CC[C@H]1N2C. The molecule has 2 nitrogen and oxygen atoms in total. The molecule has 2 saturated heterocycles. The van der Waals surface area contributed by atoms with Crippen molar-refractivity contribution in [1.29, 1.82) is 0 Å². The molecule has 2 bridgehead atoms. The summed E-state index contributed by atoms with van der Waals surface area (Å²) in [5.41, 5.74) is 1.31. The van der Waals surface area contributed by atoms with Crippen LogP contribution in [0.15, 0.2) is 18.2 Å². The van der Waals surface area contributed by atoms with Gasteiger partial charge in [-0.2, -0.15) is 0 Å². The fraction of sp³-hybridized carbons (Fsp3) is 0.625. The molecular formula is C16H21Cl2NO. The zero-order chi connectivity index (χ0) is 14.3. The van der Waals surface area contributed by atoms with E-state index >= 15 is 0 Å². The van der Waals surface area contributed by atoms with Gasteiger partial charge >= 0.3 is 0 Å². The van der Waals surface area contributed by atoms with Gasteiger partial charge < -0.3 is 9.64 Å². The summed E-state index contributed by atoms with van der Waals surface area (Å²) in [7, 11) is 4.06. The van der Waals surface area contributed by atoms with E-state index in [-0.39, 0.29) is 0 Å². The summed E-state index contributed by atoms with van der Waals surface area (Å²) in [6, 6.07) is 7.43. The molecule has 0 spiro atoms. The zero-order valence-corrected chi connectivity index (χ0v) is 13.5. The quantitative estimate of drug-likeness (QED) is 0.829. The third-order valence-corrected chi connectivity index (χ3v) is 5.90. The molecule has 0 radical (unpaired) electrons. The summed E-state index contributed by atoms with van der Waals surface area (Å²) < 4.78 is 5.50. The van der Waals surface area contributed by atoms with E-state index in [1.54, 1.807) is 7.11 Å². The molecule has 0 aliphatic carbocycles. The normalized spacial score (nSPS) is 33.6. The molecule has 2 heterocycles. The van der Waals surface area contributed by atoms with E-state index < -0.39 is 0 Å². The highest BCUT2D eigenvalue weighted by atomic mass is 35.5. The van der Waals surface area contributed by atoms with E-state index in [4.69, 9.17) is 27.9 Å². The molecule has 0 N–H and O–H groups in total. The molecular weight excluding hydrogens is 293 g/mol. The fourth-order valence-corrected chi connectivity index (χ4v) is 4.43. The smallest absolute Gasteiger partial charge is 0.0595 e. The van der Waals surface area contributed by atoms with E-state index in [1.807, 2.05) is 12.1 Å². The van der Waals surface area contributed by atoms with Crippen LogP contribution < -0.4 is 0 Å². The molecule has 20 heavy (non-hydrogen) atoms. The summed E-state index contributed by atoms with van der Waals surface area (Å²) in [4.78, 5) is 2.55. The molecule has 2 fully saturated rings. The number of ether oxygens (including phenoxy) is 1. The van der Waals surface area contributed by atoms with Gasteiger partial charge in [0.05, 0.1) is 16.7 Å². The largest absolute Gasteiger partial charge is 0.384 e. The van der Waals surface area contributed by atoms with Crippen molar-refractivity contribution in [3.63, 3.8) is 0 Å². The number of halogens is 2. The number of nitrogens with zero attached hydrogens (tertiary/aromatic N) is 1. The highest BCUT2D eigenvalue weighted by Gasteiger charge is 2.45. The second-order valence-corrected chi connectivity index (χ2v) is 6.91. The van der Waals surface area contributed by atoms with Crippen molar-refractivity contribution in [3.8, 4) is 0 Å². The molecule has 0 amide bonds. The van der Waals surface area contributed by atoms with Crippen LogP contribution >= 0.6 is 23.2 Å². The fourth-order valence-electron chi connectivity index (χ4n) is 4.12. The molecule has 4 heteroatoms. The summed E-state index contributed by atoms with van der Waals surface area (Å²) in [5.74, 6) is 1.07. The number of piperidine rings is 1. The first-order chi connectivity index (χ1) is 9.61. The second-order valence-electron chi connectivity index (χ2n) is 6.10. The van der Waals surface area contributed by atoms with Crippen molar-refractivity contribution in [2.75, 3.05) is 20.8 Å². The van der Waals surface area contributed by atoms with Crippen LogP contribution in [-0.4, -0.2) is 37.7 Å². The van der Waals surface area contributed by atoms with Gasteiger partial charge in [-0.05, 0) is 49.9 Å². The number of methoxy groups -OCH3 is 1. The molecule has 2 aliphatic rings. The third-order valence-electron chi connectivity index (χ3n) is 5.16. The van der Waals surface area contributed by atoms with Crippen LogP contribution in [0.4, 0.5) is 0 Å². The lowest BCUT2D eigenvalue weighted by molar-refractivity contribution is 0.0405. The summed E-state index contributed by atoms with van der Waals surface area (Å²) in [6.07, 6.45) is 3.78. The van der Waals surface area contributed by atoms with Gasteiger partial charge in [0.25, 0.3) is 0 Å². The van der Waals surface area contributed by atoms with Gasteiger partial charge in [-0.3, -0.25) is 0 Å². The van der Waals surface area contributed by atoms with Gasteiger partial charge in [0.2, 0.25) is 0 Å². The zero-order valence-electron chi connectivity index (χ0n) is 12.0. The highest BCUT2D eigenvalue weighted by Crippen LogP contribution is 2.46. The van der Waals surface area contributed by atoms with Crippen LogP contribution in [0.25, 0.3) is 0 Å². The molecule has 0 saturated carbocycles. The molecule has 3 rings (SSSR count). The van der Waals surface area contributed by atoms with Gasteiger partial charge in [0, 0.05) is 25.1 Å². The monoisotopic (exact) mass is 313 g/mol. The van der Waals surface area contributed by atoms with E-state index in [0.717, 1.165) is 6.61 Å². The van der Waals surface area contributed by atoms with Crippen molar-refractivity contribution in [2.45, 2.75) is 37.3 Å². The first-order valence-electron chi connectivity index (χ1n) is 7.27. The molecule has 2 aliphatic heterocycles. The Bertz CT molecular complexity index is 493. The lowest BCUT2D eigenvalue weighted by Gasteiger charge is -2.43. The Morgan fingerprint density at radius 1 is 1.25 bits per heavy atom. The highest BCUT2D eigenvalue weighted by molar-refractivity contribution is 6.42. The summed E-state index contributed by atoms with van der Waals surface area (Å²) in [5, 5.41) is 1.29. The van der Waals surface area contributed by atoms with Gasteiger partial charge in [-0.15, -0.1) is 0 Å². The Balaban J connectivity index is 1.92. The number of fused-ring (bicyclic) bond motifs is 2. The number of hydrogen-bond acceptors (Lipinski definition) is 2. The predicted molar refractivity (Wildman–Crippen MR) is 83.8 cm³/mol. The molecule has 0 unspecified atom stereocenters. The lowest BCUT2D eigenvalue weighted by atomic mass is 9.76. The van der Waals surface area contributed by atoms with Crippen molar-refractivity contribution >= 4 is 23.2 Å². The minimum atomic E-state index is 0.526. The Kier molecular flexibility index (Phi) is 4.28. The average molecular weight is 314 g/mol. The average Bonchev–Trinajstić information content (AvgIpc) is 2.67. The van der Waals surface area contributed by atoms with E-state index in [1.165, 1.54) is 24.8 Å². The topological polar surface area (TPSA) is 12.5 Å². The van der Waals surface area contributed by atoms with Crippen LogP contribution in [0.5, 0.6) is 0 Å².